The molecule has 0 aliphatic carbocycles. The number of thioether (sulfide) groups is 1. The number of nitrogens with two attached hydrogens (primary N) is 1. The molecule has 0 fully saturated rings. The van der Waals surface area contributed by atoms with Crippen molar-refractivity contribution >= 4 is 52.2 Å². The Hall–Kier alpha value is -0.580. The second kappa shape index (κ2) is 6.99. The van der Waals surface area contributed by atoms with Gasteiger partial charge in [0.25, 0.3) is 0 Å². The van der Waals surface area contributed by atoms with E-state index in [4.69, 9.17) is 28.9 Å². The summed E-state index contributed by atoms with van der Waals surface area (Å²) in [7, 11) is 0. The molecule has 3 nitrogen and oxygen atoms in total. The van der Waals surface area contributed by atoms with Crippen LogP contribution in [0.3, 0.4) is 0 Å². The van der Waals surface area contributed by atoms with Crippen molar-refractivity contribution in [2.45, 2.75) is 12.8 Å². The number of amides is 1. The number of hydrogen-bond acceptors (Lipinski definition) is 3. The molecule has 6 heteroatoms. The first-order chi connectivity index (χ1) is 8.04. The number of nitrogens with one attached hydrogen (secondary N) is 1. The molecule has 3 N–H and O–H groups in total. The third-order valence-electron chi connectivity index (χ3n) is 2.10. The Morgan fingerprint density at radius 3 is 2.76 bits per heavy atom. The number of halogens is 2. The molecular formula is C11H14Cl2N2OS. The molecule has 0 spiro atoms. The quantitative estimate of drug-likeness (QED) is 0.643. The molecule has 0 radical (unpaired) electrons. The van der Waals surface area contributed by atoms with E-state index in [1.54, 1.807) is 23.9 Å². The van der Waals surface area contributed by atoms with Crippen molar-refractivity contribution in [3.63, 3.8) is 0 Å². The molecule has 94 valence electrons. The molecule has 1 rings (SSSR count). The average Bonchev–Trinajstić information content (AvgIpc) is 2.24. The van der Waals surface area contributed by atoms with Crippen molar-refractivity contribution < 1.29 is 4.79 Å². The monoisotopic (exact) mass is 292 g/mol. The Balaban J connectivity index is 2.65. The van der Waals surface area contributed by atoms with Crippen LogP contribution in [0.25, 0.3) is 0 Å². The summed E-state index contributed by atoms with van der Waals surface area (Å²) >= 11 is 13.4. The Morgan fingerprint density at radius 1 is 1.47 bits per heavy atom. The number of nitrogen functional groups attached to an aromatic ring is 1. The fourth-order valence-electron chi connectivity index (χ4n) is 1.30. The first kappa shape index (κ1) is 14.5. The van der Waals surface area contributed by atoms with Crippen LogP contribution in [0.2, 0.25) is 10.0 Å². The van der Waals surface area contributed by atoms with Gasteiger partial charge in [-0.3, -0.25) is 4.79 Å². The third kappa shape index (κ3) is 4.66. The minimum atomic E-state index is -0.0880. The van der Waals surface area contributed by atoms with Crippen LogP contribution in [-0.4, -0.2) is 17.9 Å². The van der Waals surface area contributed by atoms with Gasteiger partial charge in [0.15, 0.2) is 0 Å². The molecule has 17 heavy (non-hydrogen) atoms. The number of benzene rings is 1. The highest BCUT2D eigenvalue weighted by molar-refractivity contribution is 7.98. The van der Waals surface area contributed by atoms with Crippen molar-refractivity contribution in [1.29, 1.82) is 0 Å². The lowest BCUT2D eigenvalue weighted by atomic mass is 10.2. The van der Waals surface area contributed by atoms with Gasteiger partial charge in [0, 0.05) is 11.4 Å². The molecule has 0 aliphatic rings. The summed E-state index contributed by atoms with van der Waals surface area (Å²) in [5.41, 5.74) is 6.55. The van der Waals surface area contributed by atoms with E-state index in [0.29, 0.717) is 27.8 Å². The van der Waals surface area contributed by atoms with Crippen LogP contribution in [0, 0.1) is 0 Å². The molecule has 0 unspecified atom stereocenters. The standard InChI is InChI=1S/C11H14Cl2N2OS/c1-17-4-2-3-10(16)15-11-8(13)5-7(12)6-9(11)14/h5-6H,2-4,14H2,1H3,(H,15,16). The van der Waals surface area contributed by atoms with E-state index in [1.807, 2.05) is 6.26 Å². The largest absolute Gasteiger partial charge is 0.397 e. The fraction of sp³-hybridized carbons (Fsp3) is 0.364. The molecule has 0 aliphatic heterocycles. The van der Waals surface area contributed by atoms with Crippen molar-refractivity contribution in [3.05, 3.63) is 22.2 Å². The molecule has 0 saturated heterocycles. The number of carbonyl (C=O) groups excluding carboxylic acids is 1. The smallest absolute Gasteiger partial charge is 0.224 e. The third-order valence-corrected chi connectivity index (χ3v) is 3.32. The number of carbonyl (C=O) groups is 1. The SMILES string of the molecule is CSCCCC(=O)Nc1c(N)cc(Cl)cc1Cl. The summed E-state index contributed by atoms with van der Waals surface area (Å²) in [6, 6.07) is 3.11. The number of rotatable bonds is 5. The van der Waals surface area contributed by atoms with Crippen LogP contribution in [0.1, 0.15) is 12.8 Å². The van der Waals surface area contributed by atoms with E-state index in [9.17, 15) is 4.79 Å². The summed E-state index contributed by atoms with van der Waals surface area (Å²) < 4.78 is 0. The zero-order valence-corrected chi connectivity index (χ0v) is 11.8. The predicted octanol–water partition coefficient (Wildman–Crippen LogP) is 3.66. The van der Waals surface area contributed by atoms with E-state index in [1.165, 1.54) is 0 Å². The van der Waals surface area contributed by atoms with Gasteiger partial charge < -0.3 is 11.1 Å². The van der Waals surface area contributed by atoms with Crippen molar-refractivity contribution in [2.24, 2.45) is 0 Å². The van der Waals surface area contributed by atoms with Gasteiger partial charge in [-0.1, -0.05) is 23.2 Å². The second-order valence-electron chi connectivity index (χ2n) is 3.50. The number of hydrogen-bond donors (Lipinski definition) is 2. The highest BCUT2D eigenvalue weighted by Crippen LogP contribution is 2.32. The highest BCUT2D eigenvalue weighted by Gasteiger charge is 2.10. The molecule has 0 heterocycles. The van der Waals surface area contributed by atoms with Crippen molar-refractivity contribution in [1.82, 2.24) is 0 Å². The molecule has 0 bridgehead atoms. The normalized spacial score (nSPS) is 10.3. The summed E-state index contributed by atoms with van der Waals surface area (Å²) in [6.07, 6.45) is 3.29. The van der Waals surface area contributed by atoms with Gasteiger partial charge in [0.2, 0.25) is 5.91 Å². The fourth-order valence-corrected chi connectivity index (χ4v) is 2.29. The lowest BCUT2D eigenvalue weighted by molar-refractivity contribution is -0.116. The Bertz CT molecular complexity index is 389. The first-order valence-corrected chi connectivity index (χ1v) is 7.23. The molecule has 0 saturated carbocycles. The van der Waals surface area contributed by atoms with Gasteiger partial charge in [-0.2, -0.15) is 11.8 Å². The molecule has 0 aromatic heterocycles. The van der Waals surface area contributed by atoms with Gasteiger partial charge in [0.05, 0.1) is 16.4 Å². The highest BCUT2D eigenvalue weighted by atomic mass is 35.5. The summed E-state index contributed by atoms with van der Waals surface area (Å²) in [5, 5.41) is 3.51. The van der Waals surface area contributed by atoms with E-state index in [2.05, 4.69) is 5.32 Å². The zero-order chi connectivity index (χ0) is 12.8. The maximum atomic E-state index is 11.6. The summed E-state index contributed by atoms with van der Waals surface area (Å²) in [5.74, 6) is 0.868. The van der Waals surface area contributed by atoms with Gasteiger partial charge >= 0.3 is 0 Å². The van der Waals surface area contributed by atoms with Crippen LogP contribution in [0.4, 0.5) is 11.4 Å². The topological polar surface area (TPSA) is 55.1 Å². The minimum Gasteiger partial charge on any atom is -0.397 e. The van der Waals surface area contributed by atoms with Crippen LogP contribution in [-0.2, 0) is 4.79 Å². The summed E-state index contributed by atoms with van der Waals surface area (Å²) in [6.45, 7) is 0. The molecule has 0 atom stereocenters. The van der Waals surface area contributed by atoms with E-state index in [-0.39, 0.29) is 5.91 Å². The van der Waals surface area contributed by atoms with Crippen LogP contribution in [0.5, 0.6) is 0 Å². The summed E-state index contributed by atoms with van der Waals surface area (Å²) in [4.78, 5) is 11.6. The van der Waals surface area contributed by atoms with Gasteiger partial charge in [-0.05, 0) is 30.6 Å². The van der Waals surface area contributed by atoms with E-state index < -0.39 is 0 Å². The molecule has 1 aromatic carbocycles. The zero-order valence-electron chi connectivity index (χ0n) is 9.43. The Kier molecular flexibility index (Phi) is 5.95. The van der Waals surface area contributed by atoms with Crippen LogP contribution < -0.4 is 11.1 Å². The maximum Gasteiger partial charge on any atom is 0.224 e. The van der Waals surface area contributed by atoms with Crippen molar-refractivity contribution in [2.75, 3.05) is 23.1 Å². The maximum absolute atomic E-state index is 11.6. The first-order valence-electron chi connectivity index (χ1n) is 5.08. The predicted molar refractivity (Wildman–Crippen MR) is 77.1 cm³/mol. The second-order valence-corrected chi connectivity index (χ2v) is 5.33. The number of anilines is 2. The molecule has 1 aromatic rings. The van der Waals surface area contributed by atoms with Gasteiger partial charge in [0.1, 0.15) is 0 Å². The Morgan fingerprint density at radius 2 is 2.18 bits per heavy atom. The molecular weight excluding hydrogens is 279 g/mol. The molecule has 1 amide bonds. The van der Waals surface area contributed by atoms with E-state index >= 15 is 0 Å². The minimum absolute atomic E-state index is 0.0880. The van der Waals surface area contributed by atoms with Crippen molar-refractivity contribution in [3.8, 4) is 0 Å². The lowest BCUT2D eigenvalue weighted by Gasteiger charge is -2.10. The van der Waals surface area contributed by atoms with Crippen LogP contribution >= 0.6 is 35.0 Å². The Labute approximate surface area is 115 Å². The van der Waals surface area contributed by atoms with E-state index in [0.717, 1.165) is 12.2 Å². The lowest BCUT2D eigenvalue weighted by Crippen LogP contribution is -2.13. The van der Waals surface area contributed by atoms with Crippen LogP contribution in [0.15, 0.2) is 12.1 Å². The van der Waals surface area contributed by atoms with Gasteiger partial charge in [-0.25, -0.2) is 0 Å². The average molecular weight is 293 g/mol. The van der Waals surface area contributed by atoms with Gasteiger partial charge in [-0.15, -0.1) is 0 Å².